The molecule has 2 heterocycles. The van der Waals surface area contributed by atoms with Gasteiger partial charge in [0.05, 0.1) is 24.3 Å². The zero-order valence-corrected chi connectivity index (χ0v) is 17.3. The summed E-state index contributed by atoms with van der Waals surface area (Å²) < 4.78 is 15.3. The lowest BCUT2D eigenvalue weighted by Gasteiger charge is -2.08. The highest BCUT2D eigenvalue weighted by molar-refractivity contribution is 6.52. The van der Waals surface area contributed by atoms with E-state index in [4.69, 9.17) is 13.6 Å². The molecule has 0 atom stereocenters. The number of benzene rings is 1. The molecule has 0 radical (unpaired) electrons. The molecule has 1 aromatic rings. The molecule has 23 heavy (non-hydrogen) atoms. The molecule has 0 N–H and O–H groups in total. The first-order valence-electron chi connectivity index (χ1n) is 8.01. The van der Waals surface area contributed by atoms with Gasteiger partial charge in [0.25, 0.3) is 0 Å². The van der Waals surface area contributed by atoms with Crippen LogP contribution in [-0.4, -0.2) is 44.7 Å². The SMILES string of the molecule is C[SiH](C)O[SiH3].O=C1OCCCCCCOC(=O)c2ccc1cc2. The molecule has 0 saturated carbocycles. The minimum atomic E-state index is -0.588. The maximum absolute atomic E-state index is 11.6. The summed E-state index contributed by atoms with van der Waals surface area (Å²) in [6.07, 6.45) is 3.64. The van der Waals surface area contributed by atoms with Crippen LogP contribution in [0.25, 0.3) is 0 Å². The molecule has 3 rings (SSSR count). The first kappa shape index (κ1) is 19.6. The molecule has 0 fully saturated rings. The first-order valence-corrected chi connectivity index (χ1v) is 11.6. The predicted molar refractivity (Wildman–Crippen MR) is 95.4 cm³/mol. The molecule has 128 valence electrons. The Labute approximate surface area is 142 Å². The van der Waals surface area contributed by atoms with E-state index in [-0.39, 0.29) is 11.9 Å². The summed E-state index contributed by atoms with van der Waals surface area (Å²) in [5, 5.41) is 0. The van der Waals surface area contributed by atoms with Gasteiger partial charge < -0.3 is 13.6 Å². The summed E-state index contributed by atoms with van der Waals surface area (Å²) in [5.74, 6) is -0.682. The minimum Gasteiger partial charge on any atom is -0.466 e. The van der Waals surface area contributed by atoms with E-state index in [0.29, 0.717) is 24.3 Å². The first-order chi connectivity index (χ1) is 11.0. The molecule has 5 nitrogen and oxygen atoms in total. The van der Waals surface area contributed by atoms with Gasteiger partial charge in [-0.2, -0.15) is 0 Å². The third-order valence-corrected chi connectivity index (χ3v) is 7.10. The second kappa shape index (κ2) is 11.1. The Balaban J connectivity index is 0.000000463. The van der Waals surface area contributed by atoms with E-state index in [9.17, 15) is 9.59 Å². The third kappa shape index (κ3) is 8.10. The average Bonchev–Trinajstić information content (AvgIpc) is 2.57. The fraction of sp³-hybridized carbons (Fsp3) is 0.500. The van der Waals surface area contributed by atoms with Gasteiger partial charge in [-0.3, -0.25) is 0 Å². The van der Waals surface area contributed by atoms with E-state index in [1.807, 2.05) is 0 Å². The molecule has 2 bridgehead atoms. The van der Waals surface area contributed by atoms with E-state index in [2.05, 4.69) is 13.1 Å². The van der Waals surface area contributed by atoms with Gasteiger partial charge in [-0.25, -0.2) is 9.59 Å². The van der Waals surface area contributed by atoms with Crippen molar-refractivity contribution >= 4 is 31.5 Å². The van der Waals surface area contributed by atoms with E-state index in [1.165, 1.54) is 0 Å². The maximum atomic E-state index is 11.6. The summed E-state index contributed by atoms with van der Waals surface area (Å²) in [6.45, 7) is 5.24. The second-order valence-electron chi connectivity index (χ2n) is 5.55. The largest absolute Gasteiger partial charge is 0.466 e. The molecule has 0 amide bonds. The number of esters is 2. The molecule has 2 aliphatic rings. The van der Waals surface area contributed by atoms with Gasteiger partial charge in [-0.1, -0.05) is 0 Å². The molecule has 1 aromatic carbocycles. The van der Waals surface area contributed by atoms with Crippen LogP contribution in [0.4, 0.5) is 0 Å². The van der Waals surface area contributed by atoms with Crippen LogP contribution in [0.3, 0.4) is 0 Å². The topological polar surface area (TPSA) is 61.8 Å². The molecular weight excluding hydrogens is 328 g/mol. The van der Waals surface area contributed by atoms with Crippen molar-refractivity contribution in [3.05, 3.63) is 35.4 Å². The summed E-state index contributed by atoms with van der Waals surface area (Å²) in [6, 6.07) is 6.35. The number of carbonyl (C=O) groups is 2. The van der Waals surface area contributed by atoms with Gasteiger partial charge in [0.15, 0.2) is 9.04 Å². The Morgan fingerprint density at radius 2 is 1.22 bits per heavy atom. The molecule has 0 unspecified atom stereocenters. The normalized spacial score (nSPS) is 16.1. The van der Waals surface area contributed by atoms with E-state index < -0.39 is 9.04 Å². The highest BCUT2D eigenvalue weighted by atomic mass is 28.3. The van der Waals surface area contributed by atoms with Crippen LogP contribution in [-0.2, 0) is 13.6 Å². The summed E-state index contributed by atoms with van der Waals surface area (Å²) >= 11 is 0. The van der Waals surface area contributed by atoms with Crippen molar-refractivity contribution in [2.24, 2.45) is 0 Å². The van der Waals surface area contributed by atoms with Gasteiger partial charge in [0, 0.05) is 0 Å². The Bertz CT molecular complexity index is 447. The van der Waals surface area contributed by atoms with Crippen molar-refractivity contribution in [2.75, 3.05) is 13.2 Å². The standard InChI is InChI=1S/C14H16O4.C2H10OSi2/c15-13-11-5-7-12(8-6-11)14(16)18-10-4-2-1-3-9-17-13;1-5(2)3-4/h5-8H,1-4,9-10H2;5H,1-2,4H3. The number of fused-ring (bicyclic) bond motifs is 11. The Hall–Kier alpha value is -1.45. The lowest BCUT2D eigenvalue weighted by molar-refractivity contribution is 0.0468. The third-order valence-electron chi connectivity index (χ3n) is 3.33. The fourth-order valence-corrected chi connectivity index (χ4v) is 1.80. The van der Waals surface area contributed by atoms with Crippen LogP contribution >= 0.6 is 0 Å². The molecular formula is C16H26O5Si2. The fourth-order valence-electron chi connectivity index (χ4n) is 1.80. The van der Waals surface area contributed by atoms with E-state index in [0.717, 1.165) is 36.2 Å². The highest BCUT2D eigenvalue weighted by Gasteiger charge is 2.11. The summed E-state index contributed by atoms with van der Waals surface area (Å²) in [5.41, 5.74) is 0.923. The van der Waals surface area contributed by atoms with Crippen molar-refractivity contribution in [1.29, 1.82) is 0 Å². The van der Waals surface area contributed by atoms with Crippen LogP contribution in [0.1, 0.15) is 46.4 Å². The second-order valence-corrected chi connectivity index (χ2v) is 9.53. The lowest BCUT2D eigenvalue weighted by Crippen LogP contribution is -2.10. The molecule has 0 saturated heterocycles. The number of rotatable bonds is 1. The number of hydrogen-bond acceptors (Lipinski definition) is 5. The molecule has 0 aromatic heterocycles. The zero-order valence-electron chi connectivity index (χ0n) is 14.2. The van der Waals surface area contributed by atoms with Crippen LogP contribution in [0.15, 0.2) is 24.3 Å². The number of ether oxygens (including phenoxy) is 2. The van der Waals surface area contributed by atoms with Gasteiger partial charge in [-0.15, -0.1) is 0 Å². The van der Waals surface area contributed by atoms with Crippen molar-refractivity contribution in [3.63, 3.8) is 0 Å². The van der Waals surface area contributed by atoms with Gasteiger partial charge >= 0.3 is 11.9 Å². The molecule has 2 aliphatic heterocycles. The van der Waals surface area contributed by atoms with E-state index >= 15 is 0 Å². The Kier molecular flexibility index (Phi) is 9.50. The van der Waals surface area contributed by atoms with Gasteiger partial charge in [-0.05, 0) is 63.0 Å². The van der Waals surface area contributed by atoms with E-state index in [1.54, 1.807) is 24.3 Å². The van der Waals surface area contributed by atoms with Crippen LogP contribution in [0, 0.1) is 0 Å². The molecule has 0 aliphatic carbocycles. The Morgan fingerprint density at radius 1 is 0.870 bits per heavy atom. The smallest absolute Gasteiger partial charge is 0.338 e. The monoisotopic (exact) mass is 354 g/mol. The predicted octanol–water partition coefficient (Wildman–Crippen LogP) is 1.84. The van der Waals surface area contributed by atoms with Crippen LogP contribution in [0.5, 0.6) is 0 Å². The zero-order chi connectivity index (χ0) is 17.1. The highest BCUT2D eigenvalue weighted by Crippen LogP contribution is 2.10. The summed E-state index contributed by atoms with van der Waals surface area (Å²) in [4.78, 5) is 23.3. The quantitative estimate of drug-likeness (QED) is 0.569. The van der Waals surface area contributed by atoms with Crippen LogP contribution in [0.2, 0.25) is 13.1 Å². The molecule has 7 heteroatoms. The summed E-state index contributed by atoms with van der Waals surface area (Å²) in [7, 11) is 0.347. The van der Waals surface area contributed by atoms with Gasteiger partial charge in [0.1, 0.15) is 10.5 Å². The number of carbonyl (C=O) groups excluding carboxylic acids is 2. The minimum absolute atomic E-state index is 0.341. The lowest BCUT2D eigenvalue weighted by atomic mass is 10.1. The van der Waals surface area contributed by atoms with Crippen LogP contribution < -0.4 is 0 Å². The number of hydrogen-bond donors (Lipinski definition) is 0. The van der Waals surface area contributed by atoms with Crippen molar-refractivity contribution < 1.29 is 23.2 Å². The average molecular weight is 355 g/mol. The van der Waals surface area contributed by atoms with Crippen molar-refractivity contribution in [1.82, 2.24) is 0 Å². The Morgan fingerprint density at radius 3 is 1.52 bits per heavy atom. The van der Waals surface area contributed by atoms with Gasteiger partial charge in [0.2, 0.25) is 0 Å². The molecule has 0 spiro atoms. The van der Waals surface area contributed by atoms with Crippen molar-refractivity contribution in [2.45, 2.75) is 38.8 Å². The maximum Gasteiger partial charge on any atom is 0.338 e. The van der Waals surface area contributed by atoms with Crippen molar-refractivity contribution in [3.8, 4) is 0 Å².